The Kier molecular flexibility index (Phi) is 7.47. The molecule has 0 radical (unpaired) electrons. The topological polar surface area (TPSA) is 62.2 Å². The van der Waals surface area contributed by atoms with Crippen LogP contribution in [0.25, 0.3) is 5.69 Å². The number of carbonyl (C=O) groups is 1. The quantitative estimate of drug-likeness (QED) is 0.245. The Bertz CT molecular complexity index is 1550. The van der Waals surface area contributed by atoms with Crippen molar-refractivity contribution in [3.05, 3.63) is 106 Å². The maximum atomic E-state index is 12.3. The second-order valence-electron chi connectivity index (χ2n) is 10.3. The van der Waals surface area contributed by atoms with Crippen LogP contribution in [0.15, 0.2) is 72.9 Å². The summed E-state index contributed by atoms with van der Waals surface area (Å²) in [7, 11) is 0. The van der Waals surface area contributed by atoms with E-state index in [1.54, 1.807) is 6.20 Å². The molecule has 0 spiro atoms. The van der Waals surface area contributed by atoms with E-state index in [0.717, 1.165) is 34.0 Å². The number of benzene rings is 2. The Morgan fingerprint density at radius 1 is 1.03 bits per heavy atom. The number of anilines is 2. The number of nitrogens with zero attached hydrogens (tertiary/aromatic N) is 3. The minimum atomic E-state index is -0.177. The summed E-state index contributed by atoms with van der Waals surface area (Å²) < 4.78 is 2.29. The fourth-order valence-corrected chi connectivity index (χ4v) is 5.80. The highest BCUT2D eigenvalue weighted by atomic mass is 35.5. The molecule has 4 aromatic rings. The molecule has 0 aliphatic carbocycles. The highest BCUT2D eigenvalue weighted by Gasteiger charge is 2.42. The lowest BCUT2D eigenvalue weighted by atomic mass is 9.96. The molecule has 0 saturated carbocycles. The predicted octanol–water partition coefficient (Wildman–Crippen LogP) is 7.22. The molecule has 5 rings (SSSR count). The number of halogens is 1. The number of aromatic nitrogens is 2. The first kappa shape index (κ1) is 26.9. The standard InChI is InChI=1S/C31H32ClN5OS/c1-18(2)30(38)34-26-13-12-23(17-25(26)32)37-29(28(35-31(37)39)27-11-6-7-14-33-27)24-16-20(4)36(21(24)5)22-10-8-9-19(3)15-22/h6-18,28-29H,1-5H3,(H,34,38)(H,35,39)/t28-,29+/m1/s1. The summed E-state index contributed by atoms with van der Waals surface area (Å²) in [5, 5.41) is 7.48. The molecule has 2 aromatic heterocycles. The van der Waals surface area contributed by atoms with Gasteiger partial charge in [0.2, 0.25) is 5.91 Å². The van der Waals surface area contributed by atoms with Crippen molar-refractivity contribution >= 4 is 46.2 Å². The zero-order valence-electron chi connectivity index (χ0n) is 22.7. The van der Waals surface area contributed by atoms with Gasteiger partial charge in [0.05, 0.1) is 28.5 Å². The number of hydrogen-bond donors (Lipinski definition) is 2. The van der Waals surface area contributed by atoms with Gasteiger partial charge in [0, 0.05) is 34.9 Å². The smallest absolute Gasteiger partial charge is 0.226 e. The van der Waals surface area contributed by atoms with E-state index in [0.29, 0.717) is 15.8 Å². The number of amides is 1. The van der Waals surface area contributed by atoms with Gasteiger partial charge >= 0.3 is 0 Å². The molecule has 200 valence electrons. The van der Waals surface area contributed by atoms with Gasteiger partial charge in [-0.1, -0.05) is 43.6 Å². The molecule has 6 nitrogen and oxygen atoms in total. The number of carbonyl (C=O) groups excluding carboxylic acids is 1. The van der Waals surface area contributed by atoms with Gasteiger partial charge in [0.25, 0.3) is 0 Å². The fraction of sp³-hybridized carbons (Fsp3) is 0.258. The largest absolute Gasteiger partial charge is 0.351 e. The van der Waals surface area contributed by atoms with Crippen molar-refractivity contribution in [3.8, 4) is 5.69 Å². The number of hydrogen-bond acceptors (Lipinski definition) is 3. The molecule has 2 aromatic carbocycles. The van der Waals surface area contributed by atoms with Crippen molar-refractivity contribution in [2.45, 2.75) is 46.7 Å². The minimum absolute atomic E-state index is 0.0836. The normalized spacial score (nSPS) is 17.0. The number of rotatable bonds is 6. The van der Waals surface area contributed by atoms with Gasteiger partial charge in [0.15, 0.2) is 5.11 Å². The van der Waals surface area contributed by atoms with Crippen LogP contribution in [0.4, 0.5) is 11.4 Å². The summed E-state index contributed by atoms with van der Waals surface area (Å²) in [6.07, 6.45) is 1.80. The molecule has 3 heterocycles. The molecular weight excluding hydrogens is 526 g/mol. The van der Waals surface area contributed by atoms with Crippen molar-refractivity contribution < 1.29 is 4.79 Å². The lowest BCUT2D eigenvalue weighted by molar-refractivity contribution is -0.118. The molecule has 1 saturated heterocycles. The summed E-state index contributed by atoms with van der Waals surface area (Å²) in [5.74, 6) is -0.233. The molecule has 1 amide bonds. The second kappa shape index (κ2) is 10.8. The van der Waals surface area contributed by atoms with E-state index in [4.69, 9.17) is 23.8 Å². The molecule has 1 fully saturated rings. The highest BCUT2D eigenvalue weighted by Crippen LogP contribution is 2.44. The van der Waals surface area contributed by atoms with Crippen molar-refractivity contribution in [2.24, 2.45) is 5.92 Å². The summed E-state index contributed by atoms with van der Waals surface area (Å²) in [6.45, 7) is 10.1. The molecule has 2 N–H and O–H groups in total. The van der Waals surface area contributed by atoms with Crippen molar-refractivity contribution in [1.82, 2.24) is 14.9 Å². The first-order chi connectivity index (χ1) is 18.7. The summed E-state index contributed by atoms with van der Waals surface area (Å²) in [4.78, 5) is 19.1. The van der Waals surface area contributed by atoms with E-state index in [1.807, 2.05) is 50.2 Å². The van der Waals surface area contributed by atoms with Crippen LogP contribution in [-0.2, 0) is 4.79 Å². The average molecular weight is 558 g/mol. The molecular formula is C31H32ClN5OS. The zero-order valence-corrected chi connectivity index (χ0v) is 24.3. The number of pyridine rings is 1. The Hall–Kier alpha value is -3.68. The van der Waals surface area contributed by atoms with E-state index in [9.17, 15) is 4.79 Å². The first-order valence-corrected chi connectivity index (χ1v) is 13.8. The van der Waals surface area contributed by atoms with Crippen LogP contribution >= 0.6 is 23.8 Å². The minimum Gasteiger partial charge on any atom is -0.351 e. The van der Waals surface area contributed by atoms with Gasteiger partial charge in [-0.2, -0.15) is 0 Å². The maximum Gasteiger partial charge on any atom is 0.226 e. The van der Waals surface area contributed by atoms with E-state index >= 15 is 0 Å². The van der Waals surface area contributed by atoms with E-state index in [-0.39, 0.29) is 23.9 Å². The molecule has 2 atom stereocenters. The first-order valence-electron chi connectivity index (χ1n) is 13.0. The monoisotopic (exact) mass is 557 g/mol. The van der Waals surface area contributed by atoms with Crippen LogP contribution in [0.5, 0.6) is 0 Å². The van der Waals surface area contributed by atoms with Crippen LogP contribution in [0.1, 0.15) is 54.1 Å². The molecule has 0 unspecified atom stereocenters. The molecule has 0 bridgehead atoms. The zero-order chi connectivity index (χ0) is 27.8. The lowest BCUT2D eigenvalue weighted by Gasteiger charge is -2.28. The Morgan fingerprint density at radius 2 is 1.82 bits per heavy atom. The summed E-state index contributed by atoms with van der Waals surface area (Å²) in [6, 6.07) is 22.0. The Balaban J connectivity index is 1.62. The van der Waals surface area contributed by atoms with E-state index in [1.165, 1.54) is 5.56 Å². The number of thiocarbonyl (C=S) groups is 1. The Morgan fingerprint density at radius 3 is 2.49 bits per heavy atom. The van der Waals surface area contributed by atoms with E-state index in [2.05, 4.69) is 76.2 Å². The van der Waals surface area contributed by atoms with Gasteiger partial charge in [-0.15, -0.1) is 0 Å². The van der Waals surface area contributed by atoms with Crippen LogP contribution in [0, 0.1) is 26.7 Å². The third-order valence-electron chi connectivity index (χ3n) is 7.16. The van der Waals surface area contributed by atoms with Crippen molar-refractivity contribution in [1.29, 1.82) is 0 Å². The predicted molar refractivity (Wildman–Crippen MR) is 163 cm³/mol. The van der Waals surface area contributed by atoms with Crippen LogP contribution in [-0.4, -0.2) is 20.6 Å². The summed E-state index contributed by atoms with van der Waals surface area (Å²) in [5.41, 5.74) is 8.06. The van der Waals surface area contributed by atoms with Gasteiger partial charge in [-0.25, -0.2) is 0 Å². The molecule has 39 heavy (non-hydrogen) atoms. The number of aryl methyl sites for hydroxylation is 2. The van der Waals surface area contributed by atoms with Crippen molar-refractivity contribution in [2.75, 3.05) is 10.2 Å². The number of nitrogens with one attached hydrogen (secondary N) is 2. The van der Waals surface area contributed by atoms with Crippen molar-refractivity contribution in [3.63, 3.8) is 0 Å². The fourth-order valence-electron chi connectivity index (χ4n) is 5.23. The van der Waals surface area contributed by atoms with Gasteiger partial charge in [-0.05, 0) is 92.6 Å². The second-order valence-corrected chi connectivity index (χ2v) is 11.1. The Labute approximate surface area is 240 Å². The molecule has 1 aliphatic rings. The summed E-state index contributed by atoms with van der Waals surface area (Å²) >= 11 is 12.6. The maximum absolute atomic E-state index is 12.3. The third-order valence-corrected chi connectivity index (χ3v) is 7.79. The van der Waals surface area contributed by atoms with Gasteiger partial charge < -0.3 is 20.1 Å². The van der Waals surface area contributed by atoms with Crippen LogP contribution in [0.2, 0.25) is 5.02 Å². The van der Waals surface area contributed by atoms with Crippen LogP contribution in [0.3, 0.4) is 0 Å². The SMILES string of the molecule is Cc1cccc(-n2c(C)cc([C@H]3[C@@H](c4ccccn4)NC(=S)N3c3ccc(NC(=O)C(C)C)c(Cl)c3)c2C)c1. The van der Waals surface area contributed by atoms with Gasteiger partial charge in [-0.3, -0.25) is 9.78 Å². The third kappa shape index (κ3) is 5.16. The van der Waals surface area contributed by atoms with Crippen LogP contribution < -0.4 is 15.5 Å². The molecule has 1 aliphatic heterocycles. The van der Waals surface area contributed by atoms with Gasteiger partial charge in [0.1, 0.15) is 0 Å². The molecule has 8 heteroatoms. The average Bonchev–Trinajstić information content (AvgIpc) is 3.40. The van der Waals surface area contributed by atoms with E-state index < -0.39 is 0 Å². The highest BCUT2D eigenvalue weighted by molar-refractivity contribution is 7.80. The lowest BCUT2D eigenvalue weighted by Crippen LogP contribution is -2.29.